The topological polar surface area (TPSA) is 75.2 Å². The summed E-state index contributed by atoms with van der Waals surface area (Å²) < 4.78 is 5.45. The molecule has 0 bridgehead atoms. The highest BCUT2D eigenvalue weighted by Gasteiger charge is 2.15. The predicted octanol–water partition coefficient (Wildman–Crippen LogP) is 3.84. The maximum absolute atomic E-state index is 5.45. The first-order valence-corrected chi connectivity index (χ1v) is 10.1. The third-order valence-electron chi connectivity index (χ3n) is 4.68. The van der Waals surface area contributed by atoms with Gasteiger partial charge in [-0.15, -0.1) is 0 Å². The number of aromatic nitrogens is 3. The average Bonchev–Trinajstić information content (AvgIpc) is 3.11. The zero-order chi connectivity index (χ0) is 19.5. The Morgan fingerprint density at radius 3 is 2.71 bits per heavy atom. The van der Waals surface area contributed by atoms with E-state index in [0.717, 1.165) is 59.0 Å². The first-order chi connectivity index (χ1) is 13.6. The summed E-state index contributed by atoms with van der Waals surface area (Å²) >= 11 is 1.60. The van der Waals surface area contributed by atoms with Crippen molar-refractivity contribution in [3.63, 3.8) is 0 Å². The van der Waals surface area contributed by atoms with Crippen LogP contribution in [0, 0.1) is 13.8 Å². The van der Waals surface area contributed by atoms with Crippen molar-refractivity contribution in [2.45, 2.75) is 13.8 Å². The maximum Gasteiger partial charge on any atom is 0.227 e. The van der Waals surface area contributed by atoms with Crippen LogP contribution < -0.4 is 15.5 Å². The Morgan fingerprint density at radius 2 is 1.96 bits per heavy atom. The van der Waals surface area contributed by atoms with Crippen molar-refractivity contribution in [1.82, 2.24) is 15.0 Å². The standard InChI is InChI=1S/C20H24N6OS/c1-13-12-22-19(25-17(13)18-14(2)23-20(21-3)28-18)24-15-5-4-6-16(11-15)26-7-9-27-10-8-26/h4-6,11-12H,7-10H2,1-3H3,(H,21,23)(H,22,24,25). The molecule has 8 heteroatoms. The van der Waals surface area contributed by atoms with Gasteiger partial charge in [0, 0.05) is 37.7 Å². The number of nitrogens with one attached hydrogen (secondary N) is 2. The van der Waals surface area contributed by atoms with Gasteiger partial charge in [0.2, 0.25) is 5.95 Å². The number of anilines is 4. The summed E-state index contributed by atoms with van der Waals surface area (Å²) in [6.07, 6.45) is 1.86. The van der Waals surface area contributed by atoms with Gasteiger partial charge in [0.15, 0.2) is 5.13 Å². The van der Waals surface area contributed by atoms with E-state index in [1.807, 2.05) is 33.2 Å². The molecule has 0 atom stereocenters. The van der Waals surface area contributed by atoms with Crippen molar-refractivity contribution >= 4 is 33.8 Å². The fourth-order valence-corrected chi connectivity index (χ4v) is 4.16. The van der Waals surface area contributed by atoms with Crippen LogP contribution in [0.2, 0.25) is 0 Å². The summed E-state index contributed by atoms with van der Waals surface area (Å²) in [5.41, 5.74) is 5.06. The molecule has 4 rings (SSSR count). The second-order valence-electron chi connectivity index (χ2n) is 6.68. The summed E-state index contributed by atoms with van der Waals surface area (Å²) in [6.45, 7) is 7.39. The molecular weight excluding hydrogens is 372 g/mol. The Bertz CT molecular complexity index is 967. The van der Waals surface area contributed by atoms with Crippen LogP contribution >= 0.6 is 11.3 Å². The fraction of sp³-hybridized carbons (Fsp3) is 0.350. The van der Waals surface area contributed by atoms with E-state index >= 15 is 0 Å². The van der Waals surface area contributed by atoms with Gasteiger partial charge in [-0.2, -0.15) is 0 Å². The first kappa shape index (κ1) is 18.6. The lowest BCUT2D eigenvalue weighted by Gasteiger charge is -2.29. The van der Waals surface area contributed by atoms with E-state index in [2.05, 4.69) is 43.7 Å². The molecular formula is C20H24N6OS. The number of aryl methyl sites for hydroxylation is 2. The van der Waals surface area contributed by atoms with E-state index in [9.17, 15) is 0 Å². The highest BCUT2D eigenvalue weighted by Crippen LogP contribution is 2.33. The van der Waals surface area contributed by atoms with Crippen LogP contribution in [0.1, 0.15) is 11.3 Å². The predicted molar refractivity (Wildman–Crippen MR) is 115 cm³/mol. The number of ether oxygens (including phenoxy) is 1. The van der Waals surface area contributed by atoms with Crippen LogP contribution in [0.15, 0.2) is 30.5 Å². The lowest BCUT2D eigenvalue weighted by atomic mass is 10.2. The zero-order valence-electron chi connectivity index (χ0n) is 16.3. The molecule has 3 heterocycles. The molecule has 0 saturated carbocycles. The van der Waals surface area contributed by atoms with Crippen LogP contribution in [-0.2, 0) is 4.74 Å². The molecule has 0 spiro atoms. The Kier molecular flexibility index (Phi) is 5.40. The van der Waals surface area contributed by atoms with E-state index in [1.165, 1.54) is 5.69 Å². The minimum absolute atomic E-state index is 0.582. The van der Waals surface area contributed by atoms with Gasteiger partial charge in [0.05, 0.1) is 29.5 Å². The van der Waals surface area contributed by atoms with Crippen LogP contribution in [0.3, 0.4) is 0 Å². The molecule has 0 amide bonds. The summed E-state index contributed by atoms with van der Waals surface area (Å²) in [7, 11) is 1.88. The van der Waals surface area contributed by atoms with E-state index < -0.39 is 0 Å². The Hall–Kier alpha value is -2.71. The molecule has 2 N–H and O–H groups in total. The van der Waals surface area contributed by atoms with Gasteiger partial charge in [-0.25, -0.2) is 15.0 Å². The zero-order valence-corrected chi connectivity index (χ0v) is 17.1. The molecule has 1 aromatic carbocycles. The van der Waals surface area contributed by atoms with Crippen molar-refractivity contribution in [3.05, 3.63) is 41.7 Å². The number of morpholine rings is 1. The maximum atomic E-state index is 5.45. The Morgan fingerprint density at radius 1 is 1.14 bits per heavy atom. The first-order valence-electron chi connectivity index (χ1n) is 9.33. The van der Waals surface area contributed by atoms with Crippen LogP contribution in [-0.4, -0.2) is 48.3 Å². The van der Waals surface area contributed by atoms with Crippen molar-refractivity contribution in [2.24, 2.45) is 0 Å². The van der Waals surface area contributed by atoms with E-state index in [4.69, 9.17) is 9.72 Å². The molecule has 146 valence electrons. The average molecular weight is 397 g/mol. The van der Waals surface area contributed by atoms with Gasteiger partial charge in [-0.05, 0) is 37.6 Å². The number of benzene rings is 1. The lowest BCUT2D eigenvalue weighted by molar-refractivity contribution is 0.122. The second-order valence-corrected chi connectivity index (χ2v) is 7.68. The van der Waals surface area contributed by atoms with Crippen molar-refractivity contribution < 1.29 is 4.74 Å². The molecule has 1 saturated heterocycles. The SMILES string of the molecule is CNc1nc(C)c(-c2nc(Nc3cccc(N4CCOCC4)c3)ncc2C)s1. The lowest BCUT2D eigenvalue weighted by Crippen LogP contribution is -2.36. The van der Waals surface area contributed by atoms with Crippen LogP contribution in [0.4, 0.5) is 22.5 Å². The molecule has 2 aromatic heterocycles. The Labute approximate surface area is 168 Å². The molecule has 0 radical (unpaired) electrons. The normalized spacial score (nSPS) is 14.2. The molecule has 0 aliphatic carbocycles. The number of nitrogens with zero attached hydrogens (tertiary/aromatic N) is 4. The minimum atomic E-state index is 0.582. The summed E-state index contributed by atoms with van der Waals surface area (Å²) in [4.78, 5) is 17.2. The van der Waals surface area contributed by atoms with Crippen molar-refractivity contribution in [3.8, 4) is 10.6 Å². The van der Waals surface area contributed by atoms with Gasteiger partial charge < -0.3 is 20.3 Å². The smallest absolute Gasteiger partial charge is 0.227 e. The molecule has 1 aliphatic rings. The number of rotatable bonds is 5. The van der Waals surface area contributed by atoms with Crippen LogP contribution in [0.5, 0.6) is 0 Å². The van der Waals surface area contributed by atoms with Crippen molar-refractivity contribution in [2.75, 3.05) is 48.9 Å². The highest BCUT2D eigenvalue weighted by molar-refractivity contribution is 7.19. The van der Waals surface area contributed by atoms with E-state index in [-0.39, 0.29) is 0 Å². The van der Waals surface area contributed by atoms with Gasteiger partial charge in [0.1, 0.15) is 0 Å². The highest BCUT2D eigenvalue weighted by atomic mass is 32.1. The number of thiazole rings is 1. The third kappa shape index (κ3) is 3.93. The molecule has 7 nitrogen and oxygen atoms in total. The fourth-order valence-electron chi connectivity index (χ4n) is 3.19. The number of hydrogen-bond donors (Lipinski definition) is 2. The van der Waals surface area contributed by atoms with Gasteiger partial charge in [0.25, 0.3) is 0 Å². The molecule has 28 heavy (non-hydrogen) atoms. The van der Waals surface area contributed by atoms with E-state index in [1.54, 1.807) is 11.3 Å². The monoisotopic (exact) mass is 396 g/mol. The summed E-state index contributed by atoms with van der Waals surface area (Å²) in [5, 5.41) is 7.34. The van der Waals surface area contributed by atoms with Crippen molar-refractivity contribution in [1.29, 1.82) is 0 Å². The van der Waals surface area contributed by atoms with Gasteiger partial charge in [-0.1, -0.05) is 17.4 Å². The Balaban J connectivity index is 1.59. The van der Waals surface area contributed by atoms with Crippen LogP contribution in [0.25, 0.3) is 10.6 Å². The largest absolute Gasteiger partial charge is 0.378 e. The summed E-state index contributed by atoms with van der Waals surface area (Å²) in [6, 6.07) is 8.34. The minimum Gasteiger partial charge on any atom is -0.378 e. The third-order valence-corrected chi connectivity index (χ3v) is 5.86. The quantitative estimate of drug-likeness (QED) is 0.679. The van der Waals surface area contributed by atoms with Gasteiger partial charge >= 0.3 is 0 Å². The van der Waals surface area contributed by atoms with Gasteiger partial charge in [-0.3, -0.25) is 0 Å². The molecule has 0 unspecified atom stereocenters. The number of hydrogen-bond acceptors (Lipinski definition) is 8. The molecule has 1 aliphatic heterocycles. The second kappa shape index (κ2) is 8.12. The van der Waals surface area contributed by atoms with E-state index in [0.29, 0.717) is 5.95 Å². The molecule has 3 aromatic rings. The molecule has 1 fully saturated rings. The summed E-state index contributed by atoms with van der Waals surface area (Å²) in [5.74, 6) is 0.582.